The summed E-state index contributed by atoms with van der Waals surface area (Å²) in [5, 5.41) is 7.07. The highest BCUT2D eigenvalue weighted by atomic mass is 32.2. The second-order valence-corrected chi connectivity index (χ2v) is 8.27. The highest BCUT2D eigenvalue weighted by molar-refractivity contribution is 8.01. The van der Waals surface area contributed by atoms with E-state index in [4.69, 9.17) is 0 Å². The van der Waals surface area contributed by atoms with Crippen molar-refractivity contribution in [3.05, 3.63) is 88.6 Å². The number of halogens is 1. The molecule has 0 bridgehead atoms. The Hall–Kier alpha value is -2.93. The van der Waals surface area contributed by atoms with E-state index in [1.807, 2.05) is 18.2 Å². The smallest absolute Gasteiger partial charge is 0.271 e. The minimum Gasteiger partial charge on any atom is -0.349 e. The lowest BCUT2D eigenvalue weighted by Crippen LogP contribution is -2.34. The highest BCUT2D eigenvalue weighted by Crippen LogP contribution is 2.51. The van der Waals surface area contributed by atoms with Crippen LogP contribution in [0.25, 0.3) is 5.69 Å². The second-order valence-electron chi connectivity index (χ2n) is 6.73. The molecule has 28 heavy (non-hydrogen) atoms. The van der Waals surface area contributed by atoms with Crippen LogP contribution in [-0.2, 0) is 0 Å². The molecule has 0 spiro atoms. The van der Waals surface area contributed by atoms with Crippen molar-refractivity contribution in [2.45, 2.75) is 22.5 Å². The summed E-state index contributed by atoms with van der Waals surface area (Å²) in [7, 11) is 0. The molecule has 1 N–H and O–H groups in total. The molecule has 0 atom stereocenters. The summed E-state index contributed by atoms with van der Waals surface area (Å²) in [6.45, 7) is 0.531. The van der Waals surface area contributed by atoms with Gasteiger partial charge in [0, 0.05) is 22.3 Å². The zero-order valence-corrected chi connectivity index (χ0v) is 15.8. The molecule has 1 aromatic heterocycles. The van der Waals surface area contributed by atoms with E-state index in [1.54, 1.807) is 11.8 Å². The summed E-state index contributed by atoms with van der Waals surface area (Å²) in [5.41, 5.74) is 0.158. The fourth-order valence-electron chi connectivity index (χ4n) is 2.82. The van der Waals surface area contributed by atoms with Crippen LogP contribution in [0.3, 0.4) is 0 Å². The maximum Gasteiger partial charge on any atom is 0.271 e. The van der Waals surface area contributed by atoms with Crippen molar-refractivity contribution >= 4 is 17.7 Å². The van der Waals surface area contributed by atoms with E-state index in [1.165, 1.54) is 41.3 Å². The molecule has 1 fully saturated rings. The lowest BCUT2D eigenvalue weighted by molar-refractivity contribution is 0.0946. The van der Waals surface area contributed by atoms with E-state index >= 15 is 0 Å². The van der Waals surface area contributed by atoms with Crippen LogP contribution in [0.15, 0.2) is 76.4 Å². The largest absolute Gasteiger partial charge is 0.349 e. The van der Waals surface area contributed by atoms with Crippen LogP contribution in [0, 0.1) is 5.82 Å². The Morgan fingerprint density at radius 3 is 2.46 bits per heavy atom. The first-order valence-electron chi connectivity index (χ1n) is 8.93. The van der Waals surface area contributed by atoms with Gasteiger partial charge in [0.1, 0.15) is 11.5 Å². The van der Waals surface area contributed by atoms with Crippen molar-refractivity contribution < 1.29 is 9.18 Å². The first-order chi connectivity index (χ1) is 13.5. The van der Waals surface area contributed by atoms with E-state index in [-0.39, 0.29) is 21.9 Å². The van der Waals surface area contributed by atoms with E-state index in [9.17, 15) is 14.0 Å². The van der Waals surface area contributed by atoms with E-state index in [2.05, 4.69) is 22.5 Å². The van der Waals surface area contributed by atoms with Crippen molar-refractivity contribution in [1.29, 1.82) is 0 Å². The Morgan fingerprint density at radius 1 is 1.07 bits per heavy atom. The van der Waals surface area contributed by atoms with Crippen LogP contribution < -0.4 is 10.9 Å². The Balaban J connectivity index is 1.46. The van der Waals surface area contributed by atoms with Crippen molar-refractivity contribution in [1.82, 2.24) is 15.1 Å². The van der Waals surface area contributed by atoms with Gasteiger partial charge in [-0.15, -0.1) is 11.8 Å². The van der Waals surface area contributed by atoms with Gasteiger partial charge in [0.15, 0.2) is 0 Å². The molecule has 3 aromatic rings. The molecule has 1 aliphatic carbocycles. The van der Waals surface area contributed by atoms with Gasteiger partial charge >= 0.3 is 0 Å². The number of thioether (sulfide) groups is 1. The van der Waals surface area contributed by atoms with Crippen LogP contribution in [0.5, 0.6) is 0 Å². The summed E-state index contributed by atoms with van der Waals surface area (Å²) in [6, 6.07) is 18.2. The van der Waals surface area contributed by atoms with Crippen molar-refractivity contribution in [2.24, 2.45) is 0 Å². The van der Waals surface area contributed by atoms with Gasteiger partial charge in [0.2, 0.25) is 0 Å². The summed E-state index contributed by atoms with van der Waals surface area (Å²) < 4.78 is 14.2. The van der Waals surface area contributed by atoms with Gasteiger partial charge in [0.25, 0.3) is 11.5 Å². The molecule has 1 saturated carbocycles. The molecule has 4 rings (SSSR count). The number of hydrogen-bond donors (Lipinski definition) is 1. The normalized spacial score (nSPS) is 14.5. The van der Waals surface area contributed by atoms with Gasteiger partial charge in [-0.05, 0) is 55.3 Å². The Bertz CT molecular complexity index is 1050. The van der Waals surface area contributed by atoms with Crippen LogP contribution in [-0.4, -0.2) is 27.0 Å². The molecule has 0 radical (unpaired) electrons. The van der Waals surface area contributed by atoms with Crippen molar-refractivity contribution in [3.63, 3.8) is 0 Å². The molecule has 142 valence electrons. The average molecular weight is 395 g/mol. The summed E-state index contributed by atoms with van der Waals surface area (Å²) in [6.07, 6.45) is 2.07. The van der Waals surface area contributed by atoms with Gasteiger partial charge in [0.05, 0.1) is 5.69 Å². The zero-order chi connectivity index (χ0) is 19.6. The molecule has 1 amide bonds. The molecule has 7 heteroatoms. The molecule has 5 nitrogen and oxygen atoms in total. The number of rotatable bonds is 6. The van der Waals surface area contributed by atoms with Crippen LogP contribution in [0.4, 0.5) is 4.39 Å². The third kappa shape index (κ3) is 4.14. The van der Waals surface area contributed by atoms with Gasteiger partial charge in [-0.2, -0.15) is 9.78 Å². The molecule has 1 aliphatic rings. The van der Waals surface area contributed by atoms with E-state index < -0.39 is 5.82 Å². The second kappa shape index (κ2) is 7.59. The maximum atomic E-state index is 13.1. The summed E-state index contributed by atoms with van der Waals surface area (Å²) >= 11 is 1.77. The zero-order valence-electron chi connectivity index (χ0n) is 15.0. The number of amides is 1. The summed E-state index contributed by atoms with van der Waals surface area (Å²) in [5.74, 6) is -0.743. The number of carbonyl (C=O) groups is 1. The van der Waals surface area contributed by atoms with Crippen LogP contribution in [0.2, 0.25) is 0 Å². The summed E-state index contributed by atoms with van der Waals surface area (Å²) in [4.78, 5) is 25.8. The number of benzene rings is 2. The van der Waals surface area contributed by atoms with Gasteiger partial charge in [-0.25, -0.2) is 4.39 Å². The molecular formula is C21H18FN3O2S. The molecule has 2 aromatic carbocycles. The number of nitrogens with one attached hydrogen (secondary N) is 1. The Labute approximate surface area is 165 Å². The topological polar surface area (TPSA) is 64.0 Å². The predicted molar refractivity (Wildman–Crippen MR) is 106 cm³/mol. The third-order valence-electron chi connectivity index (χ3n) is 4.56. The minimum atomic E-state index is -0.406. The first-order valence-corrected chi connectivity index (χ1v) is 9.75. The van der Waals surface area contributed by atoms with E-state index in [0.29, 0.717) is 12.2 Å². The van der Waals surface area contributed by atoms with Gasteiger partial charge < -0.3 is 5.32 Å². The highest BCUT2D eigenvalue weighted by Gasteiger charge is 2.44. The molecule has 0 aliphatic heterocycles. The van der Waals surface area contributed by atoms with E-state index in [0.717, 1.165) is 17.5 Å². The number of carbonyl (C=O) groups excluding carboxylic acids is 1. The molecule has 0 unspecified atom stereocenters. The number of nitrogens with zero attached hydrogens (tertiary/aromatic N) is 2. The maximum absolute atomic E-state index is 13.1. The minimum absolute atomic E-state index is 0.0163. The van der Waals surface area contributed by atoms with Crippen LogP contribution >= 0.6 is 11.8 Å². The molecule has 1 heterocycles. The Morgan fingerprint density at radius 2 is 1.79 bits per heavy atom. The standard InChI is InChI=1S/C21H18FN3O2S/c22-15-6-8-16(9-7-15)25-19(26)11-10-18(24-25)20(27)23-14-21(12-13-21)28-17-4-2-1-3-5-17/h1-11H,12-14H2,(H,23,27). The monoisotopic (exact) mass is 395 g/mol. The Kier molecular flexibility index (Phi) is 5.00. The fraction of sp³-hybridized carbons (Fsp3) is 0.190. The first kappa shape index (κ1) is 18.4. The predicted octanol–water partition coefficient (Wildman–Crippen LogP) is 3.43. The van der Waals surface area contributed by atoms with Gasteiger partial charge in [-0.3, -0.25) is 9.59 Å². The van der Waals surface area contributed by atoms with Crippen LogP contribution in [0.1, 0.15) is 23.3 Å². The lowest BCUT2D eigenvalue weighted by Gasteiger charge is -2.16. The third-order valence-corrected chi connectivity index (χ3v) is 6.05. The molecule has 0 saturated heterocycles. The SMILES string of the molecule is O=C(NCC1(Sc2ccccc2)CC1)c1ccc(=O)n(-c2ccc(F)cc2)n1. The number of hydrogen-bond acceptors (Lipinski definition) is 4. The van der Waals surface area contributed by atoms with Gasteiger partial charge in [-0.1, -0.05) is 18.2 Å². The molecular weight excluding hydrogens is 377 g/mol. The average Bonchev–Trinajstić information content (AvgIpc) is 3.48. The lowest BCUT2D eigenvalue weighted by atomic mass is 10.3. The van der Waals surface area contributed by atoms with Crippen molar-refractivity contribution in [2.75, 3.05) is 6.54 Å². The van der Waals surface area contributed by atoms with Crippen molar-refractivity contribution in [3.8, 4) is 5.69 Å². The fourth-order valence-corrected chi connectivity index (χ4v) is 4.07. The quantitative estimate of drug-likeness (QED) is 0.695. The number of aromatic nitrogens is 2.